The van der Waals surface area contributed by atoms with Gasteiger partial charge in [-0.2, -0.15) is 0 Å². The van der Waals surface area contributed by atoms with Gasteiger partial charge in [-0.15, -0.1) is 10.2 Å². The van der Waals surface area contributed by atoms with Gasteiger partial charge in [0, 0.05) is 51.7 Å². The molecule has 0 bridgehead atoms. The number of benzene rings is 5. The molecule has 1 aliphatic carbocycles. The Hall–Kier alpha value is -4.69. The molecule has 6 aromatic rings. The summed E-state index contributed by atoms with van der Waals surface area (Å²) in [6, 6.07) is 39.7. The van der Waals surface area contributed by atoms with Gasteiger partial charge in [-0.25, -0.2) is 0 Å². The van der Waals surface area contributed by atoms with E-state index in [2.05, 4.69) is 185 Å². The van der Waals surface area contributed by atoms with E-state index in [-0.39, 0.29) is 10.8 Å². The average Bonchev–Trinajstić information content (AvgIpc) is 3.83. The molecule has 0 radical (unpaired) electrons. The normalized spacial score (nSPS) is 17.1. The van der Waals surface area contributed by atoms with Gasteiger partial charge in [0.05, 0.1) is 0 Å². The van der Waals surface area contributed by atoms with Gasteiger partial charge in [0.25, 0.3) is 0 Å². The maximum Gasteiger partial charge on any atom is 0.179 e. The van der Waals surface area contributed by atoms with E-state index in [0.717, 1.165) is 78.2 Å². The summed E-state index contributed by atoms with van der Waals surface area (Å²) in [5.41, 5.74) is 10.1. The fourth-order valence-corrected chi connectivity index (χ4v) is 12.3. The first-order valence-corrected chi connectivity index (χ1v) is 25.1. The number of rotatable bonds is 16. The van der Waals surface area contributed by atoms with Crippen LogP contribution < -0.4 is 4.90 Å². The lowest BCUT2D eigenvalue weighted by Gasteiger charge is -2.28. The molecule has 2 heterocycles. The van der Waals surface area contributed by atoms with Crippen molar-refractivity contribution in [1.82, 2.24) is 10.2 Å². The van der Waals surface area contributed by atoms with Gasteiger partial charge in [-0.1, -0.05) is 205 Å². The fourth-order valence-electron chi connectivity index (χ4n) is 9.13. The Labute approximate surface area is 382 Å². The molecule has 7 heteroatoms. The third-order valence-corrected chi connectivity index (χ3v) is 15.9. The summed E-state index contributed by atoms with van der Waals surface area (Å²) < 4.78 is 1.99. The molecule has 8 rings (SSSR count). The zero-order valence-electron chi connectivity index (χ0n) is 37.3. The zero-order valence-corrected chi connectivity index (χ0v) is 39.7. The van der Waals surface area contributed by atoms with Gasteiger partial charge < -0.3 is 4.90 Å². The van der Waals surface area contributed by atoms with E-state index in [4.69, 9.17) is 10.1 Å². The Balaban J connectivity index is 1.20. The number of fused-ring (bicyclic) bond motifs is 4. The molecule has 1 aromatic heterocycles. The summed E-state index contributed by atoms with van der Waals surface area (Å²) in [4.78, 5) is 9.27. The summed E-state index contributed by atoms with van der Waals surface area (Å²) in [5, 5.41) is 14.7. The highest BCUT2D eigenvalue weighted by Crippen LogP contribution is 2.51. The number of hydrogen-bond acceptors (Lipinski definition) is 7. The monoisotopic (exact) mass is 872 g/mol. The van der Waals surface area contributed by atoms with Crippen LogP contribution >= 0.6 is 34.9 Å². The van der Waals surface area contributed by atoms with Crippen LogP contribution in [0.4, 0.5) is 5.69 Å². The number of aliphatic imine (C=N–C) groups is 1. The van der Waals surface area contributed by atoms with Gasteiger partial charge in [0.2, 0.25) is 0 Å². The van der Waals surface area contributed by atoms with E-state index < -0.39 is 0 Å². The quantitative estimate of drug-likeness (QED) is 0.0550. The first-order valence-electron chi connectivity index (χ1n) is 22.5. The largest absolute Gasteiger partial charge is 0.344 e. The SMILES string of the molecule is CCCCN=C(/C=C/C1=C(Sc2nnc(SCc3ccccc3)s2)C(=C/C=C2/N(CCCC)c3ccc4ccccc4c3C2(C)C)/CCC1)C(C)(C)c1cccc2ccccc12. The van der Waals surface area contributed by atoms with Crippen molar-refractivity contribution in [3.63, 3.8) is 0 Å². The molecule has 4 nitrogen and oxygen atoms in total. The molecule has 0 saturated carbocycles. The summed E-state index contributed by atoms with van der Waals surface area (Å²) in [5.74, 6) is 0.879. The van der Waals surface area contributed by atoms with Crippen molar-refractivity contribution >= 4 is 67.8 Å². The van der Waals surface area contributed by atoms with Crippen LogP contribution in [0.3, 0.4) is 0 Å². The van der Waals surface area contributed by atoms with E-state index in [1.165, 1.54) is 65.7 Å². The van der Waals surface area contributed by atoms with Crippen molar-refractivity contribution in [2.45, 2.75) is 112 Å². The van der Waals surface area contributed by atoms with Gasteiger partial charge >= 0.3 is 0 Å². The van der Waals surface area contributed by atoms with Gasteiger partial charge in [-0.3, -0.25) is 4.99 Å². The van der Waals surface area contributed by atoms with Crippen LogP contribution in [-0.4, -0.2) is 29.0 Å². The highest BCUT2D eigenvalue weighted by atomic mass is 32.2. The predicted molar refractivity (Wildman–Crippen MR) is 271 cm³/mol. The molecule has 5 aromatic carbocycles. The number of nitrogens with zero attached hydrogens (tertiary/aromatic N) is 4. The number of unbranched alkanes of at least 4 members (excludes halogenated alkanes) is 2. The fraction of sp³-hybridized carbons (Fsp3) is 0.327. The molecule has 2 aliphatic rings. The first-order chi connectivity index (χ1) is 30.2. The second-order valence-electron chi connectivity index (χ2n) is 17.6. The van der Waals surface area contributed by atoms with Crippen LogP contribution in [0.25, 0.3) is 21.5 Å². The summed E-state index contributed by atoms with van der Waals surface area (Å²) in [6.45, 7) is 15.9. The maximum absolute atomic E-state index is 5.36. The Bertz CT molecular complexity index is 2670. The topological polar surface area (TPSA) is 41.4 Å². The summed E-state index contributed by atoms with van der Waals surface area (Å²) in [7, 11) is 0. The highest BCUT2D eigenvalue weighted by molar-refractivity contribution is 8.05. The number of aromatic nitrogens is 2. The van der Waals surface area contributed by atoms with Gasteiger partial charge in [0.15, 0.2) is 8.68 Å². The Kier molecular flexibility index (Phi) is 14.0. The molecule has 0 fully saturated rings. The van der Waals surface area contributed by atoms with Crippen molar-refractivity contribution in [3.05, 3.63) is 172 Å². The summed E-state index contributed by atoms with van der Waals surface area (Å²) >= 11 is 5.27. The van der Waals surface area contributed by atoms with Crippen LogP contribution in [0, 0.1) is 0 Å². The van der Waals surface area contributed by atoms with Crippen LogP contribution in [0.1, 0.15) is 103 Å². The summed E-state index contributed by atoms with van der Waals surface area (Å²) in [6.07, 6.45) is 17.2. The van der Waals surface area contributed by atoms with Gasteiger partial charge in [-0.05, 0) is 99.7 Å². The van der Waals surface area contributed by atoms with Crippen LogP contribution in [0.2, 0.25) is 0 Å². The first kappa shape index (κ1) is 43.9. The van der Waals surface area contributed by atoms with Crippen molar-refractivity contribution in [1.29, 1.82) is 0 Å². The maximum atomic E-state index is 5.36. The second-order valence-corrected chi connectivity index (χ2v) is 21.0. The van der Waals surface area contributed by atoms with E-state index in [9.17, 15) is 0 Å². The smallest absolute Gasteiger partial charge is 0.179 e. The lowest BCUT2D eigenvalue weighted by molar-refractivity contribution is 0.628. The molecule has 0 saturated heterocycles. The molecule has 62 heavy (non-hydrogen) atoms. The van der Waals surface area contributed by atoms with Crippen LogP contribution in [-0.2, 0) is 16.6 Å². The van der Waals surface area contributed by atoms with E-state index in [1.54, 1.807) is 34.9 Å². The molecule has 0 unspecified atom stereocenters. The minimum absolute atomic E-state index is 0.156. The minimum Gasteiger partial charge on any atom is -0.344 e. The van der Waals surface area contributed by atoms with E-state index >= 15 is 0 Å². The van der Waals surface area contributed by atoms with Crippen molar-refractivity contribution < 1.29 is 0 Å². The second kappa shape index (κ2) is 19.8. The Morgan fingerprint density at radius 3 is 2.29 bits per heavy atom. The Morgan fingerprint density at radius 2 is 1.50 bits per heavy atom. The van der Waals surface area contributed by atoms with Crippen molar-refractivity contribution in [3.8, 4) is 0 Å². The zero-order chi connectivity index (χ0) is 43.1. The number of hydrogen-bond donors (Lipinski definition) is 0. The van der Waals surface area contributed by atoms with E-state index in [0.29, 0.717) is 0 Å². The van der Waals surface area contributed by atoms with Gasteiger partial charge in [0.1, 0.15) is 0 Å². The van der Waals surface area contributed by atoms with Crippen molar-refractivity contribution in [2.75, 3.05) is 18.0 Å². The molecule has 0 spiro atoms. The lowest BCUT2D eigenvalue weighted by Crippen LogP contribution is -2.28. The predicted octanol–water partition coefficient (Wildman–Crippen LogP) is 15.9. The lowest BCUT2D eigenvalue weighted by atomic mass is 9.77. The van der Waals surface area contributed by atoms with Crippen molar-refractivity contribution in [2.24, 2.45) is 4.99 Å². The highest BCUT2D eigenvalue weighted by Gasteiger charge is 2.41. The number of allylic oxidation sites excluding steroid dienone is 7. The third-order valence-electron chi connectivity index (χ3n) is 12.5. The molecule has 1 aliphatic heterocycles. The molecule has 0 N–H and O–H groups in total. The molecule has 0 amide bonds. The average molecular weight is 873 g/mol. The third kappa shape index (κ3) is 9.46. The minimum atomic E-state index is -0.296. The molecule has 318 valence electrons. The number of anilines is 1. The van der Waals surface area contributed by atoms with Crippen LogP contribution in [0.15, 0.2) is 169 Å². The van der Waals surface area contributed by atoms with Crippen LogP contribution in [0.5, 0.6) is 0 Å². The van der Waals surface area contributed by atoms with E-state index in [1.807, 2.05) is 0 Å². The molecular weight excluding hydrogens is 813 g/mol. The standard InChI is InChI=1S/C55H60N4S3/c1-7-9-36-56-48(54(3,4)46-29-19-24-40-22-14-16-27-44(40)46)34-31-42-25-18-26-43(51(42)61-53-58-57-52(62-53)60-38-39-20-12-11-13-21-39)32-35-49-55(5,6)50-45-28-17-15-23-41(45)30-33-47(50)59(49)37-10-8-2/h11-17,19-24,27-35H,7-10,18,25-26,36-38H2,1-6H3/b34-31+,43-32+,49-35+,56-48?. The molecular formula is C55H60N4S3. The number of thioether (sulfide) groups is 2. The Morgan fingerprint density at radius 1 is 0.790 bits per heavy atom. The molecule has 0 atom stereocenters.